The van der Waals surface area contributed by atoms with Gasteiger partial charge in [0, 0.05) is 24.8 Å². The number of methoxy groups -OCH3 is 2. The molecule has 1 aromatic carbocycles. The molecule has 1 saturated heterocycles. The number of alkyl halides is 3. The van der Waals surface area contributed by atoms with E-state index in [2.05, 4.69) is 5.32 Å². The van der Waals surface area contributed by atoms with E-state index in [1.165, 1.54) is 19.1 Å². The van der Waals surface area contributed by atoms with E-state index in [1.54, 1.807) is 19.1 Å². The maximum atomic E-state index is 12.9. The number of nitrogens with one attached hydrogen (secondary N) is 1. The molecule has 1 heterocycles. The number of hydrogen-bond acceptors (Lipinski definition) is 3. The minimum Gasteiger partial charge on any atom is -0.493 e. The molecule has 0 bridgehead atoms. The van der Waals surface area contributed by atoms with Crippen molar-refractivity contribution >= 4 is 11.7 Å². The Bertz CT molecular complexity index is 605. The Morgan fingerprint density at radius 3 is 2.46 bits per heavy atom. The molecule has 1 N–H and O–H groups in total. The number of likely N-dealkylation sites (tertiary alicyclic amines) is 1. The van der Waals surface area contributed by atoms with Crippen molar-refractivity contribution in [2.45, 2.75) is 25.9 Å². The maximum absolute atomic E-state index is 12.9. The monoisotopic (exact) mass is 346 g/mol. The summed E-state index contributed by atoms with van der Waals surface area (Å²) >= 11 is 0. The largest absolute Gasteiger partial charge is 0.493 e. The Labute approximate surface area is 138 Å². The van der Waals surface area contributed by atoms with Gasteiger partial charge < -0.3 is 19.7 Å². The Kier molecular flexibility index (Phi) is 5.46. The summed E-state index contributed by atoms with van der Waals surface area (Å²) in [4.78, 5) is 13.5. The molecule has 2 amide bonds. The van der Waals surface area contributed by atoms with Gasteiger partial charge in [0.25, 0.3) is 0 Å². The number of aryl methyl sites for hydroxylation is 1. The van der Waals surface area contributed by atoms with Crippen LogP contribution in [0.2, 0.25) is 0 Å². The van der Waals surface area contributed by atoms with E-state index >= 15 is 0 Å². The molecule has 0 aromatic heterocycles. The second-order valence-electron chi connectivity index (χ2n) is 5.78. The average Bonchev–Trinajstić information content (AvgIpc) is 2.55. The number of anilines is 1. The Morgan fingerprint density at radius 2 is 1.88 bits per heavy atom. The lowest BCUT2D eigenvalue weighted by Crippen LogP contribution is -2.46. The first-order valence-corrected chi connectivity index (χ1v) is 7.61. The standard InChI is InChI=1S/C16H21F3N2O3/c1-10-7-13(23-2)14(24-3)8-12(10)20-15(22)21-6-4-5-11(9-21)16(17,18)19/h7-8,11H,4-6,9H2,1-3H3,(H,20,22). The number of urea groups is 1. The SMILES string of the molecule is COc1cc(C)c(NC(=O)N2CCCC(C(F)(F)F)C2)cc1OC. The van der Waals surface area contributed by atoms with Crippen LogP contribution in [-0.2, 0) is 0 Å². The first kappa shape index (κ1) is 18.2. The fourth-order valence-corrected chi connectivity index (χ4v) is 2.74. The van der Waals surface area contributed by atoms with Crippen molar-refractivity contribution < 1.29 is 27.4 Å². The zero-order valence-electron chi connectivity index (χ0n) is 13.9. The molecule has 24 heavy (non-hydrogen) atoms. The van der Waals surface area contributed by atoms with Gasteiger partial charge in [-0.1, -0.05) is 0 Å². The molecule has 0 saturated carbocycles. The normalized spacial score (nSPS) is 18.2. The summed E-state index contributed by atoms with van der Waals surface area (Å²) in [6.07, 6.45) is -3.89. The second-order valence-corrected chi connectivity index (χ2v) is 5.78. The molecule has 5 nitrogen and oxygen atoms in total. The van der Waals surface area contributed by atoms with Crippen LogP contribution in [0, 0.1) is 12.8 Å². The van der Waals surface area contributed by atoms with Gasteiger partial charge in [-0.05, 0) is 31.4 Å². The van der Waals surface area contributed by atoms with E-state index in [0.29, 0.717) is 30.2 Å². The highest BCUT2D eigenvalue weighted by Crippen LogP contribution is 2.35. The molecule has 1 fully saturated rings. The average molecular weight is 346 g/mol. The van der Waals surface area contributed by atoms with Crippen LogP contribution in [0.1, 0.15) is 18.4 Å². The first-order valence-electron chi connectivity index (χ1n) is 7.61. The highest BCUT2D eigenvalue weighted by molar-refractivity contribution is 5.90. The maximum Gasteiger partial charge on any atom is 0.393 e. The van der Waals surface area contributed by atoms with Crippen LogP contribution in [-0.4, -0.2) is 44.4 Å². The summed E-state index contributed by atoms with van der Waals surface area (Å²) in [5.74, 6) is -0.517. The molecular weight excluding hydrogens is 325 g/mol. The fourth-order valence-electron chi connectivity index (χ4n) is 2.74. The van der Waals surface area contributed by atoms with Crippen molar-refractivity contribution in [3.05, 3.63) is 17.7 Å². The van der Waals surface area contributed by atoms with E-state index in [0.717, 1.165) is 5.56 Å². The van der Waals surface area contributed by atoms with Crippen LogP contribution in [0.3, 0.4) is 0 Å². The first-order chi connectivity index (χ1) is 11.3. The van der Waals surface area contributed by atoms with Gasteiger partial charge in [0.2, 0.25) is 0 Å². The zero-order valence-corrected chi connectivity index (χ0v) is 13.9. The molecule has 1 unspecified atom stereocenters. The zero-order chi connectivity index (χ0) is 17.9. The topological polar surface area (TPSA) is 50.8 Å². The molecule has 134 valence electrons. The van der Waals surface area contributed by atoms with Crippen LogP contribution < -0.4 is 14.8 Å². The number of ether oxygens (including phenoxy) is 2. The van der Waals surface area contributed by atoms with Crippen molar-refractivity contribution in [3.63, 3.8) is 0 Å². The summed E-state index contributed by atoms with van der Waals surface area (Å²) in [6, 6.07) is 2.75. The number of nitrogens with zero attached hydrogens (tertiary/aromatic N) is 1. The lowest BCUT2D eigenvalue weighted by atomic mass is 9.98. The third-order valence-electron chi connectivity index (χ3n) is 4.14. The third-order valence-corrected chi connectivity index (χ3v) is 4.14. The minimum atomic E-state index is -4.28. The Hall–Kier alpha value is -2.12. The number of rotatable bonds is 3. The Balaban J connectivity index is 2.12. The molecular formula is C16H21F3N2O3. The van der Waals surface area contributed by atoms with Gasteiger partial charge in [-0.15, -0.1) is 0 Å². The highest BCUT2D eigenvalue weighted by atomic mass is 19.4. The summed E-state index contributed by atoms with van der Waals surface area (Å²) in [7, 11) is 2.97. The number of piperidine rings is 1. The molecule has 0 spiro atoms. The van der Waals surface area contributed by atoms with Crippen LogP contribution in [0.15, 0.2) is 12.1 Å². The molecule has 1 aliphatic heterocycles. The molecule has 1 atom stereocenters. The highest BCUT2D eigenvalue weighted by Gasteiger charge is 2.42. The Morgan fingerprint density at radius 1 is 1.25 bits per heavy atom. The van der Waals surface area contributed by atoms with Gasteiger partial charge in [-0.3, -0.25) is 0 Å². The van der Waals surface area contributed by atoms with E-state index in [-0.39, 0.29) is 13.0 Å². The van der Waals surface area contributed by atoms with Crippen molar-refractivity contribution in [2.75, 3.05) is 32.6 Å². The van der Waals surface area contributed by atoms with E-state index in [1.807, 2.05) is 0 Å². The lowest BCUT2D eigenvalue weighted by molar-refractivity contribution is -0.183. The minimum absolute atomic E-state index is 0.0582. The van der Waals surface area contributed by atoms with E-state index < -0.39 is 18.1 Å². The molecule has 0 aliphatic carbocycles. The fraction of sp³-hybridized carbons (Fsp3) is 0.562. The van der Waals surface area contributed by atoms with Crippen molar-refractivity contribution in [2.24, 2.45) is 5.92 Å². The molecule has 2 rings (SSSR count). The quantitative estimate of drug-likeness (QED) is 0.905. The number of halogens is 3. The predicted molar refractivity (Wildman–Crippen MR) is 83.7 cm³/mol. The molecule has 1 aliphatic rings. The number of benzene rings is 1. The van der Waals surface area contributed by atoms with Crippen molar-refractivity contribution in [1.29, 1.82) is 0 Å². The van der Waals surface area contributed by atoms with Gasteiger partial charge in [0.1, 0.15) is 0 Å². The lowest BCUT2D eigenvalue weighted by Gasteiger charge is -2.33. The van der Waals surface area contributed by atoms with Gasteiger partial charge in [0.05, 0.1) is 20.1 Å². The number of carbonyl (C=O) groups excluding carboxylic acids is 1. The predicted octanol–water partition coefficient (Wildman–Crippen LogP) is 3.82. The van der Waals surface area contributed by atoms with Crippen LogP contribution in [0.25, 0.3) is 0 Å². The van der Waals surface area contributed by atoms with Gasteiger partial charge in [0.15, 0.2) is 11.5 Å². The summed E-state index contributed by atoms with van der Waals surface area (Å²) in [5.41, 5.74) is 1.21. The number of amides is 2. The molecule has 0 radical (unpaired) electrons. The van der Waals surface area contributed by atoms with Gasteiger partial charge in [-0.2, -0.15) is 13.2 Å². The molecule has 1 aromatic rings. The van der Waals surface area contributed by atoms with Crippen molar-refractivity contribution in [3.8, 4) is 11.5 Å². The number of carbonyl (C=O) groups is 1. The van der Waals surface area contributed by atoms with E-state index in [9.17, 15) is 18.0 Å². The summed E-state index contributed by atoms with van der Waals surface area (Å²) in [6.45, 7) is 1.76. The summed E-state index contributed by atoms with van der Waals surface area (Å²) < 4.78 is 48.9. The van der Waals surface area contributed by atoms with Crippen LogP contribution >= 0.6 is 0 Å². The third kappa shape index (κ3) is 4.04. The van der Waals surface area contributed by atoms with Gasteiger partial charge in [-0.25, -0.2) is 4.79 Å². The van der Waals surface area contributed by atoms with Crippen LogP contribution in [0.5, 0.6) is 11.5 Å². The molecule has 8 heteroatoms. The smallest absolute Gasteiger partial charge is 0.393 e. The van der Waals surface area contributed by atoms with E-state index in [4.69, 9.17) is 9.47 Å². The van der Waals surface area contributed by atoms with Crippen molar-refractivity contribution in [1.82, 2.24) is 4.90 Å². The number of hydrogen-bond donors (Lipinski definition) is 1. The van der Waals surface area contributed by atoms with Crippen LogP contribution in [0.4, 0.5) is 23.7 Å². The van der Waals surface area contributed by atoms with Gasteiger partial charge >= 0.3 is 12.2 Å². The summed E-state index contributed by atoms with van der Waals surface area (Å²) in [5, 5.41) is 2.66. The second kappa shape index (κ2) is 7.19.